The molecule has 1 aliphatic carbocycles. The third-order valence-corrected chi connectivity index (χ3v) is 4.07. The molecule has 1 aliphatic rings. The molecule has 1 heterocycles. The molecule has 0 radical (unpaired) electrons. The van der Waals surface area contributed by atoms with E-state index < -0.39 is 0 Å². The van der Waals surface area contributed by atoms with Gasteiger partial charge in [0, 0.05) is 24.3 Å². The van der Waals surface area contributed by atoms with Gasteiger partial charge in [0.1, 0.15) is 0 Å². The Morgan fingerprint density at radius 1 is 1.33 bits per heavy atom. The summed E-state index contributed by atoms with van der Waals surface area (Å²) in [7, 11) is 0. The minimum Gasteiger partial charge on any atom is -0.347 e. The van der Waals surface area contributed by atoms with Gasteiger partial charge in [0.25, 0.3) is 0 Å². The van der Waals surface area contributed by atoms with Crippen molar-refractivity contribution in [3.8, 4) is 0 Å². The van der Waals surface area contributed by atoms with Gasteiger partial charge in [-0.15, -0.1) is 0 Å². The fraction of sp³-hybridized carbons (Fsp3) is 0.500. The number of rotatable bonds is 4. The number of aromatic nitrogens is 1. The third-order valence-electron chi connectivity index (χ3n) is 4.07. The standard InChI is InChI=1S/C16H22N2/c1-12(17)9-14-5-6-16-15(10-14)7-8-18(16)11-13-3-2-4-13/h5-8,10,12-13H,2-4,9,11,17H2,1H3. The van der Waals surface area contributed by atoms with Crippen molar-refractivity contribution >= 4 is 10.9 Å². The highest BCUT2D eigenvalue weighted by Crippen LogP contribution is 2.29. The van der Waals surface area contributed by atoms with Gasteiger partial charge in [0.05, 0.1) is 0 Å². The maximum Gasteiger partial charge on any atom is 0.0480 e. The first-order valence-electron chi connectivity index (χ1n) is 7.06. The maximum absolute atomic E-state index is 5.86. The van der Waals surface area contributed by atoms with E-state index in [2.05, 4.69) is 42.0 Å². The molecule has 2 aromatic rings. The van der Waals surface area contributed by atoms with Crippen molar-refractivity contribution in [3.05, 3.63) is 36.0 Å². The van der Waals surface area contributed by atoms with Crippen molar-refractivity contribution in [1.82, 2.24) is 4.57 Å². The van der Waals surface area contributed by atoms with Crippen LogP contribution in [0.15, 0.2) is 30.5 Å². The van der Waals surface area contributed by atoms with Gasteiger partial charge < -0.3 is 10.3 Å². The Morgan fingerprint density at radius 2 is 2.17 bits per heavy atom. The zero-order valence-electron chi connectivity index (χ0n) is 11.1. The first kappa shape index (κ1) is 11.8. The summed E-state index contributed by atoms with van der Waals surface area (Å²) in [6.45, 7) is 3.25. The molecule has 0 saturated heterocycles. The van der Waals surface area contributed by atoms with E-state index in [-0.39, 0.29) is 6.04 Å². The Labute approximate surface area is 109 Å². The van der Waals surface area contributed by atoms with Crippen molar-refractivity contribution < 1.29 is 0 Å². The Morgan fingerprint density at radius 3 is 2.83 bits per heavy atom. The fourth-order valence-electron chi connectivity index (χ4n) is 2.86. The molecule has 3 rings (SSSR count). The lowest BCUT2D eigenvalue weighted by atomic mass is 9.85. The molecule has 1 unspecified atom stereocenters. The van der Waals surface area contributed by atoms with Crippen LogP contribution >= 0.6 is 0 Å². The van der Waals surface area contributed by atoms with E-state index in [1.54, 1.807) is 0 Å². The minimum absolute atomic E-state index is 0.236. The molecule has 1 atom stereocenters. The predicted molar refractivity (Wildman–Crippen MR) is 76.6 cm³/mol. The highest BCUT2D eigenvalue weighted by Gasteiger charge is 2.18. The van der Waals surface area contributed by atoms with Crippen LogP contribution in [0.5, 0.6) is 0 Å². The number of nitrogens with zero attached hydrogens (tertiary/aromatic N) is 1. The van der Waals surface area contributed by atoms with Crippen LogP contribution in [0.1, 0.15) is 31.7 Å². The molecule has 1 fully saturated rings. The molecule has 1 aromatic heterocycles. The summed E-state index contributed by atoms with van der Waals surface area (Å²) < 4.78 is 2.41. The summed E-state index contributed by atoms with van der Waals surface area (Å²) in [5.74, 6) is 0.907. The van der Waals surface area contributed by atoms with Gasteiger partial charge >= 0.3 is 0 Å². The average molecular weight is 242 g/mol. The van der Waals surface area contributed by atoms with Crippen molar-refractivity contribution in [1.29, 1.82) is 0 Å². The molecule has 1 saturated carbocycles. The molecule has 0 aliphatic heterocycles. The van der Waals surface area contributed by atoms with Crippen LogP contribution in [0.4, 0.5) is 0 Å². The molecule has 96 valence electrons. The van der Waals surface area contributed by atoms with Crippen molar-refractivity contribution in [2.24, 2.45) is 11.7 Å². The van der Waals surface area contributed by atoms with Gasteiger partial charge in [0.2, 0.25) is 0 Å². The Kier molecular flexibility index (Phi) is 3.13. The van der Waals surface area contributed by atoms with Gasteiger partial charge in [-0.25, -0.2) is 0 Å². The van der Waals surface area contributed by atoms with E-state index in [4.69, 9.17) is 5.73 Å². The van der Waals surface area contributed by atoms with Crippen LogP contribution in [-0.2, 0) is 13.0 Å². The lowest BCUT2D eigenvalue weighted by Crippen LogP contribution is -2.18. The van der Waals surface area contributed by atoms with Gasteiger partial charge in [-0.05, 0) is 61.3 Å². The van der Waals surface area contributed by atoms with Gasteiger partial charge in [0.15, 0.2) is 0 Å². The van der Waals surface area contributed by atoms with E-state index in [9.17, 15) is 0 Å². The summed E-state index contributed by atoms with van der Waals surface area (Å²) in [6, 6.07) is 9.24. The summed E-state index contributed by atoms with van der Waals surface area (Å²) in [6.07, 6.45) is 7.43. The van der Waals surface area contributed by atoms with Crippen LogP contribution < -0.4 is 5.73 Å². The first-order chi connectivity index (χ1) is 8.72. The molecular formula is C16H22N2. The van der Waals surface area contributed by atoms with Gasteiger partial charge in [-0.1, -0.05) is 12.5 Å². The van der Waals surface area contributed by atoms with Gasteiger partial charge in [-0.2, -0.15) is 0 Å². The minimum atomic E-state index is 0.236. The fourth-order valence-corrected chi connectivity index (χ4v) is 2.86. The monoisotopic (exact) mass is 242 g/mol. The number of benzene rings is 1. The topological polar surface area (TPSA) is 30.9 Å². The van der Waals surface area contributed by atoms with Crippen LogP contribution in [0.2, 0.25) is 0 Å². The SMILES string of the molecule is CC(N)Cc1ccc2c(ccn2CC2CCC2)c1. The summed E-state index contributed by atoms with van der Waals surface area (Å²) in [5.41, 5.74) is 8.58. The molecule has 0 bridgehead atoms. The van der Waals surface area contributed by atoms with Crippen molar-refractivity contribution in [2.75, 3.05) is 0 Å². The summed E-state index contributed by atoms with van der Waals surface area (Å²) >= 11 is 0. The van der Waals surface area contributed by atoms with E-state index >= 15 is 0 Å². The molecular weight excluding hydrogens is 220 g/mol. The molecule has 1 aromatic carbocycles. The van der Waals surface area contributed by atoms with Crippen molar-refractivity contribution in [3.63, 3.8) is 0 Å². The van der Waals surface area contributed by atoms with E-state index in [1.807, 2.05) is 0 Å². The highest BCUT2D eigenvalue weighted by atomic mass is 15.0. The van der Waals surface area contributed by atoms with E-state index in [0.29, 0.717) is 0 Å². The Balaban J connectivity index is 1.84. The molecule has 2 N–H and O–H groups in total. The van der Waals surface area contributed by atoms with Gasteiger partial charge in [-0.3, -0.25) is 0 Å². The largest absolute Gasteiger partial charge is 0.347 e. The molecule has 0 spiro atoms. The van der Waals surface area contributed by atoms with Crippen LogP contribution in [0, 0.1) is 5.92 Å². The number of nitrogens with two attached hydrogens (primary N) is 1. The second-order valence-electron chi connectivity index (χ2n) is 5.84. The third kappa shape index (κ3) is 2.30. The highest BCUT2D eigenvalue weighted by molar-refractivity contribution is 5.80. The molecule has 0 amide bonds. The normalized spacial score (nSPS) is 17.9. The van der Waals surface area contributed by atoms with E-state index in [1.165, 1.54) is 42.3 Å². The maximum atomic E-state index is 5.86. The second kappa shape index (κ2) is 4.77. The lowest BCUT2D eigenvalue weighted by molar-refractivity contribution is 0.280. The Bertz CT molecular complexity index is 535. The smallest absolute Gasteiger partial charge is 0.0480 e. The van der Waals surface area contributed by atoms with Crippen LogP contribution in [-0.4, -0.2) is 10.6 Å². The zero-order valence-corrected chi connectivity index (χ0v) is 11.1. The molecule has 2 heteroatoms. The summed E-state index contributed by atoms with van der Waals surface area (Å²) in [5, 5.41) is 1.35. The number of fused-ring (bicyclic) bond motifs is 1. The summed E-state index contributed by atoms with van der Waals surface area (Å²) in [4.78, 5) is 0. The van der Waals surface area contributed by atoms with Crippen LogP contribution in [0.25, 0.3) is 10.9 Å². The quantitative estimate of drug-likeness (QED) is 0.876. The lowest BCUT2D eigenvalue weighted by Gasteiger charge is -2.26. The number of hydrogen-bond donors (Lipinski definition) is 1. The molecule has 2 nitrogen and oxygen atoms in total. The van der Waals surface area contributed by atoms with Crippen LogP contribution in [0.3, 0.4) is 0 Å². The van der Waals surface area contributed by atoms with Crippen molar-refractivity contribution in [2.45, 2.75) is 45.2 Å². The first-order valence-corrected chi connectivity index (χ1v) is 7.06. The Hall–Kier alpha value is -1.28. The predicted octanol–water partition coefficient (Wildman–Crippen LogP) is 3.33. The zero-order chi connectivity index (χ0) is 12.5. The van der Waals surface area contributed by atoms with E-state index in [0.717, 1.165) is 12.3 Å². The second-order valence-corrected chi connectivity index (χ2v) is 5.84. The number of hydrogen-bond acceptors (Lipinski definition) is 1. The average Bonchev–Trinajstić information content (AvgIpc) is 2.65. The molecule has 18 heavy (non-hydrogen) atoms.